The molecule has 0 aliphatic rings. The second-order valence-electron chi connectivity index (χ2n) is 5.14. The Bertz CT molecular complexity index is 947. The summed E-state index contributed by atoms with van der Waals surface area (Å²) in [7, 11) is 0. The number of rotatable bonds is 3. The van der Waals surface area contributed by atoms with Crippen LogP contribution in [-0.4, -0.2) is 15.9 Å². The zero-order valence-corrected chi connectivity index (χ0v) is 14.3. The van der Waals surface area contributed by atoms with Crippen LogP contribution in [0.5, 0.6) is 0 Å². The van der Waals surface area contributed by atoms with Gasteiger partial charge in [0, 0.05) is 5.69 Å². The van der Waals surface area contributed by atoms with Gasteiger partial charge >= 0.3 is 0 Å². The molecule has 8 heteroatoms. The monoisotopic (exact) mass is 373 g/mol. The molecule has 0 atom stereocenters. The molecule has 0 saturated heterocycles. The highest BCUT2D eigenvalue weighted by molar-refractivity contribution is 6.42. The van der Waals surface area contributed by atoms with Crippen molar-refractivity contribution in [3.63, 3.8) is 0 Å². The summed E-state index contributed by atoms with van der Waals surface area (Å²) in [5.74, 6) is -0.451. The molecule has 1 heterocycles. The Kier molecular flexibility index (Phi) is 4.74. The zero-order chi connectivity index (χ0) is 18.0. The summed E-state index contributed by atoms with van der Waals surface area (Å²) in [6, 6.07) is 13.9. The van der Waals surface area contributed by atoms with Crippen LogP contribution in [0.4, 0.5) is 17.5 Å². The van der Waals surface area contributed by atoms with Gasteiger partial charge in [0.2, 0.25) is 5.95 Å². The highest BCUT2D eigenvalue weighted by Gasteiger charge is 2.20. The minimum Gasteiger partial charge on any atom is -0.383 e. The normalized spacial score (nSPS) is 10.5. The van der Waals surface area contributed by atoms with Crippen molar-refractivity contribution < 1.29 is 4.79 Å². The largest absolute Gasteiger partial charge is 0.383 e. The minimum absolute atomic E-state index is 0.0715. The predicted molar refractivity (Wildman–Crippen MR) is 101 cm³/mol. The van der Waals surface area contributed by atoms with Crippen LogP contribution in [0.3, 0.4) is 0 Å². The Morgan fingerprint density at radius 3 is 2.36 bits per heavy atom. The van der Waals surface area contributed by atoms with E-state index < -0.39 is 5.91 Å². The first-order valence-corrected chi connectivity index (χ1v) is 7.96. The second kappa shape index (κ2) is 6.96. The first-order chi connectivity index (χ1) is 12.0. The number of carbonyl (C=O) groups is 1. The molecule has 0 unspecified atom stereocenters. The fourth-order valence-corrected chi connectivity index (χ4v) is 2.61. The average Bonchev–Trinajstić information content (AvgIpc) is 2.58. The SMILES string of the molecule is Nc1nc(N)c(-c2ccccc2)c(C(=O)Nc2ccc(Cl)c(Cl)c2)n1. The molecule has 1 aromatic heterocycles. The zero-order valence-electron chi connectivity index (χ0n) is 12.8. The number of anilines is 3. The van der Waals surface area contributed by atoms with Crippen LogP contribution in [0, 0.1) is 0 Å². The van der Waals surface area contributed by atoms with Gasteiger partial charge in [0.05, 0.1) is 15.6 Å². The first-order valence-electron chi connectivity index (χ1n) is 7.20. The summed E-state index contributed by atoms with van der Waals surface area (Å²) in [6.45, 7) is 0. The maximum absolute atomic E-state index is 12.7. The summed E-state index contributed by atoms with van der Waals surface area (Å²) in [4.78, 5) is 20.7. The molecule has 0 spiro atoms. The van der Waals surface area contributed by atoms with Gasteiger partial charge in [-0.2, -0.15) is 4.98 Å². The van der Waals surface area contributed by atoms with Crippen molar-refractivity contribution in [2.45, 2.75) is 0 Å². The average molecular weight is 374 g/mol. The Morgan fingerprint density at radius 2 is 1.68 bits per heavy atom. The van der Waals surface area contributed by atoms with Gasteiger partial charge in [0.1, 0.15) is 11.5 Å². The maximum Gasteiger partial charge on any atom is 0.275 e. The number of hydrogen-bond donors (Lipinski definition) is 3. The quantitative estimate of drug-likeness (QED) is 0.645. The van der Waals surface area contributed by atoms with E-state index >= 15 is 0 Å². The lowest BCUT2D eigenvalue weighted by molar-refractivity contribution is 0.102. The smallest absolute Gasteiger partial charge is 0.275 e. The molecular formula is C17H13Cl2N5O. The number of nitrogens with two attached hydrogens (primary N) is 2. The maximum atomic E-state index is 12.7. The molecule has 0 aliphatic carbocycles. The number of carbonyl (C=O) groups excluding carboxylic acids is 1. The van der Waals surface area contributed by atoms with E-state index in [-0.39, 0.29) is 17.5 Å². The first kappa shape index (κ1) is 17.0. The molecule has 0 aliphatic heterocycles. The second-order valence-corrected chi connectivity index (χ2v) is 5.95. The van der Waals surface area contributed by atoms with Crippen LogP contribution in [0.25, 0.3) is 11.1 Å². The van der Waals surface area contributed by atoms with Gasteiger partial charge in [0.15, 0.2) is 0 Å². The number of halogens is 2. The van der Waals surface area contributed by atoms with Crippen molar-refractivity contribution in [3.05, 3.63) is 64.3 Å². The topological polar surface area (TPSA) is 107 Å². The molecule has 25 heavy (non-hydrogen) atoms. The Balaban J connectivity index is 2.03. The van der Waals surface area contributed by atoms with Crippen LogP contribution in [0.2, 0.25) is 10.0 Å². The third kappa shape index (κ3) is 3.65. The molecule has 6 nitrogen and oxygen atoms in total. The molecule has 1 amide bonds. The van der Waals surface area contributed by atoms with E-state index in [4.69, 9.17) is 34.7 Å². The van der Waals surface area contributed by atoms with Crippen molar-refractivity contribution >= 4 is 46.6 Å². The van der Waals surface area contributed by atoms with Gasteiger partial charge < -0.3 is 16.8 Å². The number of aromatic nitrogens is 2. The molecular weight excluding hydrogens is 361 g/mol. The van der Waals surface area contributed by atoms with Crippen LogP contribution >= 0.6 is 23.2 Å². The predicted octanol–water partition coefficient (Wildman–Crippen LogP) is 3.87. The van der Waals surface area contributed by atoms with Crippen LogP contribution < -0.4 is 16.8 Å². The van der Waals surface area contributed by atoms with E-state index in [1.54, 1.807) is 24.3 Å². The van der Waals surface area contributed by atoms with Crippen molar-refractivity contribution in [3.8, 4) is 11.1 Å². The van der Waals surface area contributed by atoms with Gasteiger partial charge in [-0.05, 0) is 23.8 Å². The number of nitrogens with one attached hydrogen (secondary N) is 1. The van der Waals surface area contributed by atoms with E-state index in [1.807, 2.05) is 18.2 Å². The summed E-state index contributed by atoms with van der Waals surface area (Å²) >= 11 is 11.9. The van der Waals surface area contributed by atoms with E-state index in [1.165, 1.54) is 6.07 Å². The van der Waals surface area contributed by atoms with Crippen LogP contribution in [0.1, 0.15) is 10.5 Å². The summed E-state index contributed by atoms with van der Waals surface area (Å²) in [5.41, 5.74) is 13.3. The lowest BCUT2D eigenvalue weighted by Gasteiger charge is -2.12. The molecule has 0 radical (unpaired) electrons. The summed E-state index contributed by atoms with van der Waals surface area (Å²) in [5, 5.41) is 3.42. The van der Waals surface area contributed by atoms with Crippen LogP contribution in [-0.2, 0) is 0 Å². The molecule has 3 rings (SSSR count). The molecule has 0 bridgehead atoms. The van der Waals surface area contributed by atoms with E-state index in [9.17, 15) is 4.79 Å². The van der Waals surface area contributed by atoms with Gasteiger partial charge in [-0.25, -0.2) is 4.98 Å². The Morgan fingerprint density at radius 1 is 0.960 bits per heavy atom. The van der Waals surface area contributed by atoms with E-state index in [2.05, 4.69) is 15.3 Å². The van der Waals surface area contributed by atoms with Crippen molar-refractivity contribution in [1.29, 1.82) is 0 Å². The fraction of sp³-hybridized carbons (Fsp3) is 0. The van der Waals surface area contributed by atoms with Crippen molar-refractivity contribution in [2.24, 2.45) is 0 Å². The van der Waals surface area contributed by atoms with Gasteiger partial charge in [0.25, 0.3) is 5.91 Å². The van der Waals surface area contributed by atoms with Gasteiger partial charge in [-0.1, -0.05) is 53.5 Å². The Labute approximate surface area is 153 Å². The highest BCUT2D eigenvalue weighted by atomic mass is 35.5. The molecule has 2 aromatic carbocycles. The molecule has 5 N–H and O–H groups in total. The minimum atomic E-state index is -0.488. The summed E-state index contributed by atoms with van der Waals surface area (Å²) in [6.07, 6.45) is 0. The standard InChI is InChI=1S/C17H13Cl2N5O/c18-11-7-6-10(8-12(11)19)22-16(25)14-13(9-4-2-1-3-5-9)15(20)24-17(21)23-14/h1-8H,(H,22,25)(H4,20,21,23,24). The molecule has 0 saturated carbocycles. The highest BCUT2D eigenvalue weighted by Crippen LogP contribution is 2.29. The third-order valence-electron chi connectivity index (χ3n) is 3.41. The van der Waals surface area contributed by atoms with Crippen molar-refractivity contribution in [2.75, 3.05) is 16.8 Å². The van der Waals surface area contributed by atoms with Gasteiger partial charge in [-0.15, -0.1) is 0 Å². The Hall–Kier alpha value is -2.83. The third-order valence-corrected chi connectivity index (χ3v) is 4.15. The number of nitrogens with zero attached hydrogens (tertiary/aromatic N) is 2. The van der Waals surface area contributed by atoms with E-state index in [0.29, 0.717) is 26.9 Å². The number of benzene rings is 2. The lowest BCUT2D eigenvalue weighted by Crippen LogP contribution is -2.18. The van der Waals surface area contributed by atoms with E-state index in [0.717, 1.165) is 0 Å². The number of amides is 1. The fourth-order valence-electron chi connectivity index (χ4n) is 2.31. The van der Waals surface area contributed by atoms with Crippen LogP contribution in [0.15, 0.2) is 48.5 Å². The number of nitrogen functional groups attached to an aromatic ring is 2. The van der Waals surface area contributed by atoms with Crippen molar-refractivity contribution in [1.82, 2.24) is 9.97 Å². The lowest BCUT2D eigenvalue weighted by atomic mass is 10.0. The number of hydrogen-bond acceptors (Lipinski definition) is 5. The van der Waals surface area contributed by atoms with Gasteiger partial charge in [-0.3, -0.25) is 4.79 Å². The summed E-state index contributed by atoms with van der Waals surface area (Å²) < 4.78 is 0. The molecule has 3 aromatic rings. The molecule has 126 valence electrons. The molecule has 0 fully saturated rings.